The molecule has 0 aromatic heterocycles. The maximum atomic E-state index is 3.73. The molecule has 3 fully saturated rings. The standard InChI is InChI=1S/C13H24N2/c1-3-10-6-13(10)15-8-12(11-4-5-11)14-7-9(15)2/h9-14H,3-8H2,1-2H3. The van der Waals surface area contributed by atoms with Crippen molar-refractivity contribution in [2.45, 2.75) is 57.7 Å². The van der Waals surface area contributed by atoms with E-state index in [1.807, 2.05) is 0 Å². The molecule has 86 valence electrons. The molecule has 15 heavy (non-hydrogen) atoms. The lowest BCUT2D eigenvalue weighted by molar-refractivity contribution is 0.118. The molecule has 2 aliphatic carbocycles. The second-order valence-corrected chi connectivity index (χ2v) is 5.87. The van der Waals surface area contributed by atoms with Crippen LogP contribution in [0.25, 0.3) is 0 Å². The SMILES string of the molecule is CCC1CC1N1CC(C2CC2)NCC1C. The maximum Gasteiger partial charge on any atom is 0.0224 e. The summed E-state index contributed by atoms with van der Waals surface area (Å²) in [6, 6.07) is 2.52. The highest BCUT2D eigenvalue weighted by Crippen LogP contribution is 2.42. The van der Waals surface area contributed by atoms with Gasteiger partial charge in [-0.3, -0.25) is 4.90 Å². The average Bonchev–Trinajstić information content (AvgIpc) is 3.13. The predicted molar refractivity (Wildman–Crippen MR) is 62.9 cm³/mol. The molecule has 0 spiro atoms. The summed E-state index contributed by atoms with van der Waals surface area (Å²) in [5.41, 5.74) is 0. The average molecular weight is 208 g/mol. The third-order valence-corrected chi connectivity index (χ3v) is 4.68. The molecule has 0 aromatic carbocycles. The minimum Gasteiger partial charge on any atom is -0.311 e. The van der Waals surface area contributed by atoms with Crippen molar-refractivity contribution >= 4 is 0 Å². The minimum absolute atomic E-state index is 0.765. The zero-order valence-corrected chi connectivity index (χ0v) is 10.1. The van der Waals surface area contributed by atoms with Gasteiger partial charge in [-0.05, 0) is 38.0 Å². The summed E-state index contributed by atoms with van der Waals surface area (Å²) in [6.45, 7) is 7.28. The first-order valence-electron chi connectivity index (χ1n) is 6.78. The highest BCUT2D eigenvalue weighted by Gasteiger charge is 2.45. The van der Waals surface area contributed by atoms with Gasteiger partial charge in [-0.1, -0.05) is 13.3 Å². The summed E-state index contributed by atoms with van der Waals surface area (Å²) in [5.74, 6) is 2.03. The number of nitrogens with zero attached hydrogens (tertiary/aromatic N) is 1. The van der Waals surface area contributed by atoms with Crippen LogP contribution in [-0.2, 0) is 0 Å². The van der Waals surface area contributed by atoms with Gasteiger partial charge in [-0.25, -0.2) is 0 Å². The molecule has 1 aliphatic heterocycles. The molecule has 3 aliphatic rings. The van der Waals surface area contributed by atoms with Crippen LogP contribution in [0.5, 0.6) is 0 Å². The summed E-state index contributed by atoms with van der Waals surface area (Å²) in [7, 11) is 0. The van der Waals surface area contributed by atoms with Gasteiger partial charge in [0.25, 0.3) is 0 Å². The van der Waals surface area contributed by atoms with Gasteiger partial charge in [0.15, 0.2) is 0 Å². The van der Waals surface area contributed by atoms with Crippen LogP contribution in [0.3, 0.4) is 0 Å². The summed E-state index contributed by atoms with van der Waals surface area (Å²) in [5, 5.41) is 3.73. The van der Waals surface area contributed by atoms with E-state index >= 15 is 0 Å². The van der Waals surface area contributed by atoms with E-state index < -0.39 is 0 Å². The van der Waals surface area contributed by atoms with Gasteiger partial charge in [0, 0.05) is 31.2 Å². The topological polar surface area (TPSA) is 15.3 Å². The van der Waals surface area contributed by atoms with E-state index in [2.05, 4.69) is 24.1 Å². The van der Waals surface area contributed by atoms with Crippen LogP contribution in [0.1, 0.15) is 39.5 Å². The van der Waals surface area contributed by atoms with Crippen LogP contribution in [0, 0.1) is 11.8 Å². The van der Waals surface area contributed by atoms with Gasteiger partial charge in [0.2, 0.25) is 0 Å². The van der Waals surface area contributed by atoms with Crippen molar-refractivity contribution in [2.75, 3.05) is 13.1 Å². The lowest BCUT2D eigenvalue weighted by atomic mass is 10.1. The van der Waals surface area contributed by atoms with Gasteiger partial charge in [0.05, 0.1) is 0 Å². The van der Waals surface area contributed by atoms with Crippen molar-refractivity contribution in [3.05, 3.63) is 0 Å². The van der Waals surface area contributed by atoms with Crippen molar-refractivity contribution in [3.8, 4) is 0 Å². The Hall–Kier alpha value is -0.0800. The third-order valence-electron chi connectivity index (χ3n) is 4.68. The summed E-state index contributed by atoms with van der Waals surface area (Å²) < 4.78 is 0. The Balaban J connectivity index is 1.60. The molecule has 0 radical (unpaired) electrons. The Bertz CT molecular complexity index is 237. The first kappa shape index (κ1) is 10.1. The molecular formula is C13H24N2. The normalized spacial score (nSPS) is 46.8. The van der Waals surface area contributed by atoms with Crippen LogP contribution in [0.4, 0.5) is 0 Å². The summed E-state index contributed by atoms with van der Waals surface area (Å²) in [4.78, 5) is 2.80. The zero-order chi connectivity index (χ0) is 10.4. The highest BCUT2D eigenvalue weighted by molar-refractivity contribution is 5.01. The third kappa shape index (κ3) is 1.94. The fourth-order valence-corrected chi connectivity index (χ4v) is 3.26. The molecule has 4 atom stereocenters. The first-order chi connectivity index (χ1) is 7.29. The molecule has 1 N–H and O–H groups in total. The van der Waals surface area contributed by atoms with Gasteiger partial charge in [-0.2, -0.15) is 0 Å². The number of nitrogens with one attached hydrogen (secondary N) is 1. The monoisotopic (exact) mass is 208 g/mol. The predicted octanol–water partition coefficient (Wildman–Crippen LogP) is 1.86. The minimum atomic E-state index is 0.765. The lowest BCUT2D eigenvalue weighted by Gasteiger charge is -2.39. The van der Waals surface area contributed by atoms with Crippen LogP contribution in [0.2, 0.25) is 0 Å². The number of hydrogen-bond acceptors (Lipinski definition) is 2. The Kier molecular flexibility index (Phi) is 2.52. The second kappa shape index (κ2) is 3.74. The van der Waals surface area contributed by atoms with Gasteiger partial charge in [0.1, 0.15) is 0 Å². The van der Waals surface area contributed by atoms with E-state index in [0.29, 0.717) is 0 Å². The van der Waals surface area contributed by atoms with E-state index in [1.54, 1.807) is 0 Å². The molecule has 3 rings (SSSR count). The molecule has 2 nitrogen and oxygen atoms in total. The number of hydrogen-bond donors (Lipinski definition) is 1. The van der Waals surface area contributed by atoms with E-state index in [4.69, 9.17) is 0 Å². The van der Waals surface area contributed by atoms with Crippen molar-refractivity contribution in [3.63, 3.8) is 0 Å². The molecule has 0 bridgehead atoms. The largest absolute Gasteiger partial charge is 0.311 e. The Labute approximate surface area is 93.4 Å². The Morgan fingerprint density at radius 1 is 1.33 bits per heavy atom. The van der Waals surface area contributed by atoms with E-state index in [9.17, 15) is 0 Å². The molecule has 2 heteroatoms. The van der Waals surface area contributed by atoms with Crippen LogP contribution in [0.15, 0.2) is 0 Å². The van der Waals surface area contributed by atoms with Crippen LogP contribution in [-0.4, -0.2) is 36.1 Å². The molecule has 1 saturated heterocycles. The van der Waals surface area contributed by atoms with Crippen molar-refractivity contribution in [1.29, 1.82) is 0 Å². The number of piperazine rings is 1. The first-order valence-corrected chi connectivity index (χ1v) is 6.78. The van der Waals surface area contributed by atoms with Crippen LogP contribution < -0.4 is 5.32 Å². The molecule has 0 amide bonds. The molecule has 0 aromatic rings. The smallest absolute Gasteiger partial charge is 0.0224 e. The van der Waals surface area contributed by atoms with Gasteiger partial charge < -0.3 is 5.32 Å². The van der Waals surface area contributed by atoms with Crippen molar-refractivity contribution in [2.24, 2.45) is 11.8 Å². The fraction of sp³-hybridized carbons (Fsp3) is 1.00. The number of rotatable bonds is 3. The van der Waals surface area contributed by atoms with Crippen LogP contribution >= 0.6 is 0 Å². The van der Waals surface area contributed by atoms with E-state index in [0.717, 1.165) is 30.0 Å². The van der Waals surface area contributed by atoms with Gasteiger partial charge in [-0.15, -0.1) is 0 Å². The summed E-state index contributed by atoms with van der Waals surface area (Å²) >= 11 is 0. The zero-order valence-electron chi connectivity index (χ0n) is 10.1. The highest BCUT2D eigenvalue weighted by atomic mass is 15.3. The molecular weight excluding hydrogens is 184 g/mol. The second-order valence-electron chi connectivity index (χ2n) is 5.87. The molecule has 1 heterocycles. The lowest BCUT2D eigenvalue weighted by Crippen LogP contribution is -2.57. The fourth-order valence-electron chi connectivity index (χ4n) is 3.26. The van der Waals surface area contributed by atoms with Gasteiger partial charge >= 0.3 is 0 Å². The Morgan fingerprint density at radius 3 is 2.73 bits per heavy atom. The molecule has 4 unspecified atom stereocenters. The van der Waals surface area contributed by atoms with E-state index in [1.165, 1.54) is 38.8 Å². The Morgan fingerprint density at radius 2 is 2.13 bits per heavy atom. The maximum absolute atomic E-state index is 3.73. The molecule has 2 saturated carbocycles. The summed E-state index contributed by atoms with van der Waals surface area (Å²) in [6.07, 6.45) is 5.80. The van der Waals surface area contributed by atoms with Crippen molar-refractivity contribution < 1.29 is 0 Å². The van der Waals surface area contributed by atoms with Crippen molar-refractivity contribution in [1.82, 2.24) is 10.2 Å². The van der Waals surface area contributed by atoms with E-state index in [-0.39, 0.29) is 0 Å². The quantitative estimate of drug-likeness (QED) is 0.761.